The van der Waals surface area contributed by atoms with Gasteiger partial charge in [0.15, 0.2) is 5.15 Å². The van der Waals surface area contributed by atoms with Crippen molar-refractivity contribution in [1.29, 1.82) is 0 Å². The van der Waals surface area contributed by atoms with Crippen molar-refractivity contribution in [2.24, 2.45) is 0 Å². The van der Waals surface area contributed by atoms with Gasteiger partial charge < -0.3 is 10.4 Å². The highest BCUT2D eigenvalue weighted by Gasteiger charge is 2.07. The fourth-order valence-electron chi connectivity index (χ4n) is 1.63. The molecule has 0 bridgehead atoms. The summed E-state index contributed by atoms with van der Waals surface area (Å²) in [5.74, 6) is 0.973. The van der Waals surface area contributed by atoms with Gasteiger partial charge in [0.1, 0.15) is 5.82 Å². The molecule has 0 saturated carbocycles. The summed E-state index contributed by atoms with van der Waals surface area (Å²) in [4.78, 5) is 7.57. The molecule has 0 atom stereocenters. The Kier molecular flexibility index (Phi) is 4.09. The number of halogens is 1. The Bertz CT molecular complexity index is 447. The maximum absolute atomic E-state index is 6.07. The number of nitrogens with zero attached hydrogens (tertiary/aromatic N) is 2. The maximum atomic E-state index is 6.07. The number of hydrogen-bond acceptors (Lipinski definition) is 2. The van der Waals surface area contributed by atoms with Crippen molar-refractivity contribution < 1.29 is 0 Å². The summed E-state index contributed by atoms with van der Waals surface area (Å²) in [5.41, 5.74) is 4.15. The summed E-state index contributed by atoms with van der Waals surface area (Å²) in [6.07, 6.45) is 7.15. The van der Waals surface area contributed by atoms with Crippen molar-refractivity contribution in [2.75, 3.05) is 5.43 Å². The van der Waals surface area contributed by atoms with E-state index in [0.717, 1.165) is 30.8 Å². The molecule has 17 heavy (non-hydrogen) atoms. The third-order valence-corrected chi connectivity index (χ3v) is 2.90. The van der Waals surface area contributed by atoms with Gasteiger partial charge in [0.25, 0.3) is 0 Å². The standard InChI is InChI=1S/C12H17ClN4/c1-2-3-6-11-15-10(12(13)16-11)9-14-17-7-4-5-8-17/h4-5,7-8,14H,2-3,6,9H2,1H3,(H,15,16). The van der Waals surface area contributed by atoms with Gasteiger partial charge in [-0.1, -0.05) is 24.9 Å². The second-order valence-corrected chi connectivity index (χ2v) is 4.34. The minimum Gasteiger partial charge on any atom is -0.343 e. The van der Waals surface area contributed by atoms with Gasteiger partial charge >= 0.3 is 0 Å². The van der Waals surface area contributed by atoms with Crippen LogP contribution in [0.5, 0.6) is 0 Å². The molecule has 0 spiro atoms. The zero-order valence-corrected chi connectivity index (χ0v) is 10.7. The Morgan fingerprint density at radius 2 is 2.18 bits per heavy atom. The van der Waals surface area contributed by atoms with Crippen molar-refractivity contribution >= 4 is 11.6 Å². The smallest absolute Gasteiger partial charge is 0.152 e. The average Bonchev–Trinajstić information content (AvgIpc) is 2.93. The molecule has 0 aliphatic carbocycles. The summed E-state index contributed by atoms with van der Waals surface area (Å²) in [7, 11) is 0. The quantitative estimate of drug-likeness (QED) is 0.830. The minimum absolute atomic E-state index is 0.566. The summed E-state index contributed by atoms with van der Waals surface area (Å²) < 4.78 is 1.89. The number of unbranched alkanes of at least 4 members (excludes halogenated alkanes) is 1. The first kappa shape index (κ1) is 12.0. The van der Waals surface area contributed by atoms with E-state index in [1.807, 2.05) is 29.2 Å². The molecule has 5 heteroatoms. The molecule has 2 N–H and O–H groups in total. The number of aromatic nitrogens is 3. The van der Waals surface area contributed by atoms with Crippen LogP contribution in [0.3, 0.4) is 0 Å². The normalized spacial score (nSPS) is 10.7. The van der Waals surface area contributed by atoms with E-state index in [1.165, 1.54) is 0 Å². The fraction of sp³-hybridized carbons (Fsp3) is 0.417. The topological polar surface area (TPSA) is 45.6 Å². The van der Waals surface area contributed by atoms with E-state index in [0.29, 0.717) is 11.7 Å². The summed E-state index contributed by atoms with van der Waals surface area (Å²) >= 11 is 6.07. The third kappa shape index (κ3) is 3.27. The molecule has 0 aliphatic heterocycles. The molecule has 4 nitrogen and oxygen atoms in total. The lowest BCUT2D eigenvalue weighted by Crippen LogP contribution is -2.12. The fourth-order valence-corrected chi connectivity index (χ4v) is 1.85. The summed E-state index contributed by atoms with van der Waals surface area (Å²) in [6.45, 7) is 2.81. The van der Waals surface area contributed by atoms with Crippen molar-refractivity contribution in [3.63, 3.8) is 0 Å². The van der Waals surface area contributed by atoms with E-state index in [2.05, 4.69) is 22.3 Å². The highest BCUT2D eigenvalue weighted by atomic mass is 35.5. The first-order chi connectivity index (χ1) is 8.29. The molecule has 0 fully saturated rings. The largest absolute Gasteiger partial charge is 0.343 e. The Balaban J connectivity index is 1.93. The first-order valence-electron chi connectivity index (χ1n) is 5.89. The predicted octanol–water partition coefficient (Wildman–Crippen LogP) is 2.95. The van der Waals surface area contributed by atoms with Crippen LogP contribution in [0.15, 0.2) is 24.5 Å². The zero-order chi connectivity index (χ0) is 12.1. The Morgan fingerprint density at radius 3 is 2.88 bits per heavy atom. The second kappa shape index (κ2) is 5.77. The van der Waals surface area contributed by atoms with Gasteiger partial charge in [0.05, 0.1) is 12.2 Å². The van der Waals surface area contributed by atoms with Crippen LogP contribution in [0.2, 0.25) is 5.15 Å². The van der Waals surface area contributed by atoms with E-state index in [-0.39, 0.29) is 0 Å². The number of imidazole rings is 1. The van der Waals surface area contributed by atoms with Gasteiger partial charge in [0, 0.05) is 18.8 Å². The molecule has 0 saturated heterocycles. The van der Waals surface area contributed by atoms with Gasteiger partial charge in [-0.2, -0.15) is 0 Å². The van der Waals surface area contributed by atoms with Gasteiger partial charge in [-0.05, 0) is 18.6 Å². The number of nitrogens with one attached hydrogen (secondary N) is 2. The number of hydrogen-bond donors (Lipinski definition) is 2. The number of rotatable bonds is 6. The SMILES string of the molecule is CCCCc1nc(Cl)c(CNn2cccc2)[nH]1. The van der Waals surface area contributed by atoms with E-state index >= 15 is 0 Å². The predicted molar refractivity (Wildman–Crippen MR) is 69.7 cm³/mol. The van der Waals surface area contributed by atoms with Crippen molar-refractivity contribution in [3.05, 3.63) is 41.2 Å². The van der Waals surface area contributed by atoms with Crippen LogP contribution in [-0.4, -0.2) is 14.6 Å². The first-order valence-corrected chi connectivity index (χ1v) is 6.27. The van der Waals surface area contributed by atoms with E-state index in [9.17, 15) is 0 Å². The Hall–Kier alpha value is -1.42. The lowest BCUT2D eigenvalue weighted by Gasteiger charge is -2.05. The third-order valence-electron chi connectivity index (χ3n) is 2.59. The molecule has 0 aromatic carbocycles. The molecule has 0 unspecified atom stereocenters. The van der Waals surface area contributed by atoms with Gasteiger partial charge in [-0.25, -0.2) is 4.98 Å². The lowest BCUT2D eigenvalue weighted by molar-refractivity contribution is 0.757. The molecule has 2 heterocycles. The molecular formula is C12H17ClN4. The number of H-pyrrole nitrogens is 1. The summed E-state index contributed by atoms with van der Waals surface area (Å²) in [6, 6.07) is 3.93. The molecule has 92 valence electrons. The van der Waals surface area contributed by atoms with Crippen LogP contribution in [0, 0.1) is 0 Å². The van der Waals surface area contributed by atoms with Gasteiger partial charge in [-0.15, -0.1) is 0 Å². The van der Waals surface area contributed by atoms with Crippen molar-refractivity contribution in [2.45, 2.75) is 32.7 Å². The van der Waals surface area contributed by atoms with Crippen LogP contribution >= 0.6 is 11.6 Å². The van der Waals surface area contributed by atoms with Crippen LogP contribution in [0.1, 0.15) is 31.3 Å². The molecule has 0 aliphatic rings. The Labute approximate surface area is 106 Å². The maximum Gasteiger partial charge on any atom is 0.152 e. The van der Waals surface area contributed by atoms with Crippen LogP contribution in [-0.2, 0) is 13.0 Å². The van der Waals surface area contributed by atoms with E-state index < -0.39 is 0 Å². The van der Waals surface area contributed by atoms with Crippen LogP contribution < -0.4 is 5.43 Å². The molecule has 2 aromatic rings. The molecule has 2 aromatic heterocycles. The molecule has 0 amide bonds. The van der Waals surface area contributed by atoms with Gasteiger partial charge in [0.2, 0.25) is 0 Å². The molecule has 2 rings (SSSR count). The van der Waals surface area contributed by atoms with Crippen molar-refractivity contribution in [1.82, 2.24) is 14.6 Å². The lowest BCUT2D eigenvalue weighted by atomic mass is 10.2. The second-order valence-electron chi connectivity index (χ2n) is 3.98. The van der Waals surface area contributed by atoms with E-state index in [4.69, 9.17) is 11.6 Å². The highest BCUT2D eigenvalue weighted by Crippen LogP contribution is 2.14. The molecular weight excluding hydrogens is 236 g/mol. The van der Waals surface area contributed by atoms with Crippen LogP contribution in [0.25, 0.3) is 0 Å². The van der Waals surface area contributed by atoms with Crippen molar-refractivity contribution in [3.8, 4) is 0 Å². The van der Waals surface area contributed by atoms with Crippen LogP contribution in [0.4, 0.5) is 0 Å². The Morgan fingerprint density at radius 1 is 1.41 bits per heavy atom. The number of aromatic amines is 1. The minimum atomic E-state index is 0.566. The number of aryl methyl sites for hydroxylation is 1. The zero-order valence-electron chi connectivity index (χ0n) is 9.91. The average molecular weight is 253 g/mol. The highest BCUT2D eigenvalue weighted by molar-refractivity contribution is 6.30. The summed E-state index contributed by atoms with van der Waals surface area (Å²) in [5, 5.41) is 0.566. The van der Waals surface area contributed by atoms with E-state index in [1.54, 1.807) is 0 Å². The molecule has 0 radical (unpaired) electrons. The van der Waals surface area contributed by atoms with Gasteiger partial charge in [-0.3, -0.25) is 4.68 Å². The monoisotopic (exact) mass is 252 g/mol.